The van der Waals surface area contributed by atoms with Gasteiger partial charge in [0.25, 0.3) is 0 Å². The minimum absolute atomic E-state index is 0.582. The molecule has 0 radical (unpaired) electrons. The summed E-state index contributed by atoms with van der Waals surface area (Å²) < 4.78 is 11.6. The zero-order chi connectivity index (χ0) is 30.6. The molecule has 47 heavy (non-hydrogen) atoms. The van der Waals surface area contributed by atoms with Crippen LogP contribution in [0.1, 0.15) is 0 Å². The Hall–Kier alpha value is -5.97. The summed E-state index contributed by atoms with van der Waals surface area (Å²) in [7, 11) is 0. The Labute approximate surface area is 272 Å². The molecule has 0 aliphatic carbocycles. The Morgan fingerprint density at radius 2 is 1.15 bits per heavy atom. The Bertz CT molecular complexity index is 3090. The summed E-state index contributed by atoms with van der Waals surface area (Å²) in [5.74, 6) is 0. The summed E-state index contributed by atoms with van der Waals surface area (Å²) in [6, 6.07) is 52.9. The van der Waals surface area contributed by atoms with Gasteiger partial charge in [-0.1, -0.05) is 109 Å². The standard InChI is InChI=1S/C43H24N2OS/c1-2-12-26-23-37-34(21-25(26)11-1)31-17-7-9-19-36(31)45(37)43-44-41-38(46-43)24-35(42-40(41)32-18-8-10-20-39(32)47-42)33-22-27-13-3-4-14-28(27)29-15-5-6-16-30(29)33/h1-24H. The highest BCUT2D eigenvalue weighted by Crippen LogP contribution is 2.47. The van der Waals surface area contributed by atoms with Crippen molar-refractivity contribution in [3.05, 3.63) is 146 Å². The van der Waals surface area contributed by atoms with Crippen LogP contribution in [-0.4, -0.2) is 9.55 Å². The molecule has 0 atom stereocenters. The van der Waals surface area contributed by atoms with Crippen molar-refractivity contribution < 1.29 is 4.42 Å². The number of thiophene rings is 1. The van der Waals surface area contributed by atoms with Crippen molar-refractivity contribution >= 4 is 96.7 Å². The highest BCUT2D eigenvalue weighted by atomic mass is 32.1. The SMILES string of the molecule is c1ccc2cc3c(cc2c1)c1ccccc1n3-c1nc2c(cc(-c3cc4ccccc4c4ccccc34)c3sc4ccccc4c32)o1. The summed E-state index contributed by atoms with van der Waals surface area (Å²) >= 11 is 1.84. The fraction of sp³-hybridized carbons (Fsp3) is 0. The molecule has 0 unspecified atom stereocenters. The lowest BCUT2D eigenvalue weighted by molar-refractivity contribution is 0.574. The molecule has 0 amide bonds. The second-order valence-electron chi connectivity index (χ2n) is 12.3. The molecule has 0 aliphatic heterocycles. The van der Waals surface area contributed by atoms with E-state index in [1.807, 2.05) is 11.3 Å². The largest absolute Gasteiger partial charge is 0.423 e. The molecule has 0 saturated carbocycles. The van der Waals surface area contributed by atoms with Gasteiger partial charge in [0.1, 0.15) is 5.52 Å². The summed E-state index contributed by atoms with van der Waals surface area (Å²) in [6.07, 6.45) is 0. The van der Waals surface area contributed by atoms with Crippen molar-refractivity contribution in [1.82, 2.24) is 9.55 Å². The molecule has 11 rings (SSSR count). The van der Waals surface area contributed by atoms with E-state index in [0.29, 0.717) is 6.01 Å². The third-order valence-corrected chi connectivity index (χ3v) is 11.0. The molecule has 3 nitrogen and oxygen atoms in total. The maximum Gasteiger partial charge on any atom is 0.307 e. The maximum atomic E-state index is 6.89. The number of hydrogen-bond acceptors (Lipinski definition) is 3. The number of rotatable bonds is 2. The normalized spacial score (nSPS) is 12.3. The van der Waals surface area contributed by atoms with Gasteiger partial charge < -0.3 is 4.42 Å². The van der Waals surface area contributed by atoms with Crippen LogP contribution in [0.3, 0.4) is 0 Å². The molecule has 218 valence electrons. The van der Waals surface area contributed by atoms with Gasteiger partial charge in [0.05, 0.1) is 11.0 Å². The minimum atomic E-state index is 0.582. The van der Waals surface area contributed by atoms with E-state index in [2.05, 4.69) is 150 Å². The van der Waals surface area contributed by atoms with Crippen molar-refractivity contribution in [1.29, 1.82) is 0 Å². The fourth-order valence-electron chi connectivity index (χ4n) is 7.70. The molecule has 0 fully saturated rings. The number of hydrogen-bond donors (Lipinski definition) is 0. The minimum Gasteiger partial charge on any atom is -0.423 e. The zero-order valence-electron chi connectivity index (χ0n) is 25.1. The monoisotopic (exact) mass is 616 g/mol. The van der Waals surface area contributed by atoms with E-state index in [0.717, 1.165) is 27.5 Å². The van der Waals surface area contributed by atoms with Gasteiger partial charge in [-0.25, -0.2) is 0 Å². The summed E-state index contributed by atoms with van der Waals surface area (Å²) in [6.45, 7) is 0. The van der Waals surface area contributed by atoms with E-state index in [1.54, 1.807) is 0 Å². The molecule has 0 N–H and O–H groups in total. The molecule has 3 aromatic heterocycles. The van der Waals surface area contributed by atoms with Crippen LogP contribution in [0.25, 0.3) is 103 Å². The van der Waals surface area contributed by atoms with Gasteiger partial charge in [0.15, 0.2) is 5.58 Å². The van der Waals surface area contributed by atoms with E-state index in [9.17, 15) is 0 Å². The van der Waals surface area contributed by atoms with Gasteiger partial charge in [0.2, 0.25) is 0 Å². The van der Waals surface area contributed by atoms with Gasteiger partial charge in [0, 0.05) is 36.5 Å². The summed E-state index contributed by atoms with van der Waals surface area (Å²) in [5.41, 5.74) is 6.23. The molecular weight excluding hydrogens is 593 g/mol. The molecule has 11 aromatic rings. The first-order valence-electron chi connectivity index (χ1n) is 15.9. The van der Waals surface area contributed by atoms with Crippen LogP contribution in [0.2, 0.25) is 0 Å². The fourth-order valence-corrected chi connectivity index (χ4v) is 8.93. The molecule has 0 saturated heterocycles. The number of fused-ring (bicyclic) bond motifs is 12. The average molecular weight is 617 g/mol. The molecule has 4 heteroatoms. The van der Waals surface area contributed by atoms with Crippen molar-refractivity contribution in [2.24, 2.45) is 0 Å². The van der Waals surface area contributed by atoms with Gasteiger partial charge in [-0.05, 0) is 74.3 Å². The summed E-state index contributed by atoms with van der Waals surface area (Å²) in [4.78, 5) is 5.34. The van der Waals surface area contributed by atoms with Gasteiger partial charge in [-0.2, -0.15) is 4.98 Å². The van der Waals surface area contributed by atoms with Crippen molar-refractivity contribution in [3.63, 3.8) is 0 Å². The lowest BCUT2D eigenvalue weighted by atomic mass is 9.92. The second kappa shape index (κ2) is 9.29. The predicted molar refractivity (Wildman–Crippen MR) is 199 cm³/mol. The molecule has 0 bridgehead atoms. The third kappa shape index (κ3) is 3.48. The van der Waals surface area contributed by atoms with E-state index < -0.39 is 0 Å². The van der Waals surface area contributed by atoms with Gasteiger partial charge in [-0.15, -0.1) is 11.3 Å². The number of oxazole rings is 1. The molecule has 8 aromatic carbocycles. The Morgan fingerprint density at radius 3 is 2.00 bits per heavy atom. The third-order valence-electron chi connectivity index (χ3n) is 9.78. The lowest BCUT2D eigenvalue weighted by Gasteiger charge is -2.12. The molecule has 0 spiro atoms. The highest BCUT2D eigenvalue weighted by molar-refractivity contribution is 7.26. The highest BCUT2D eigenvalue weighted by Gasteiger charge is 2.23. The number of aromatic nitrogens is 2. The predicted octanol–water partition coefficient (Wildman–Crippen LogP) is 12.4. The Balaban J connectivity index is 1.28. The quantitative estimate of drug-likeness (QED) is 0.181. The number of benzene rings is 8. The van der Waals surface area contributed by atoms with Crippen molar-refractivity contribution in [2.45, 2.75) is 0 Å². The number of para-hydroxylation sites is 1. The van der Waals surface area contributed by atoms with E-state index in [4.69, 9.17) is 9.40 Å². The topological polar surface area (TPSA) is 31.0 Å². The number of nitrogens with zero attached hydrogens (tertiary/aromatic N) is 2. The smallest absolute Gasteiger partial charge is 0.307 e. The molecule has 3 heterocycles. The van der Waals surface area contributed by atoms with Crippen LogP contribution in [-0.2, 0) is 0 Å². The van der Waals surface area contributed by atoms with E-state index in [-0.39, 0.29) is 0 Å². The van der Waals surface area contributed by atoms with Crippen LogP contribution in [0, 0.1) is 0 Å². The van der Waals surface area contributed by atoms with E-state index >= 15 is 0 Å². The van der Waals surface area contributed by atoms with E-state index in [1.165, 1.54) is 69.0 Å². The van der Waals surface area contributed by atoms with Crippen LogP contribution >= 0.6 is 11.3 Å². The van der Waals surface area contributed by atoms with Gasteiger partial charge >= 0.3 is 6.01 Å². The average Bonchev–Trinajstić information content (AvgIpc) is 3.81. The lowest BCUT2D eigenvalue weighted by Crippen LogP contribution is -1.93. The maximum absolute atomic E-state index is 6.89. The van der Waals surface area contributed by atoms with Gasteiger partial charge in [-0.3, -0.25) is 4.57 Å². The Morgan fingerprint density at radius 1 is 0.489 bits per heavy atom. The Kier molecular flexibility index (Phi) is 4.99. The van der Waals surface area contributed by atoms with Crippen LogP contribution in [0.5, 0.6) is 0 Å². The molecular formula is C43H24N2OS. The van der Waals surface area contributed by atoms with Crippen LogP contribution in [0.15, 0.2) is 150 Å². The van der Waals surface area contributed by atoms with Crippen LogP contribution in [0.4, 0.5) is 0 Å². The second-order valence-corrected chi connectivity index (χ2v) is 13.4. The van der Waals surface area contributed by atoms with Crippen molar-refractivity contribution in [2.75, 3.05) is 0 Å². The van der Waals surface area contributed by atoms with Crippen LogP contribution < -0.4 is 0 Å². The summed E-state index contributed by atoms with van der Waals surface area (Å²) in [5, 5.41) is 12.1. The first-order chi connectivity index (χ1) is 23.3. The molecule has 0 aliphatic rings. The zero-order valence-corrected chi connectivity index (χ0v) is 25.9. The van der Waals surface area contributed by atoms with Crippen molar-refractivity contribution in [3.8, 4) is 17.1 Å². The first kappa shape index (κ1) is 25.2. The first-order valence-corrected chi connectivity index (χ1v) is 16.7.